The number of nitrogens with zero attached hydrogens (tertiary/aromatic N) is 3. The molecule has 0 aliphatic carbocycles. The maximum Gasteiger partial charge on any atom is 0.416 e. The fraction of sp³-hybridized carbons (Fsp3) is 0.150. The summed E-state index contributed by atoms with van der Waals surface area (Å²) in [6.45, 7) is 1.59. The number of carboxylic acid groups (broad SMARTS) is 1. The van der Waals surface area contributed by atoms with Gasteiger partial charge in [-0.25, -0.2) is 23.7 Å². The third-order valence-corrected chi connectivity index (χ3v) is 4.57. The number of hydrogen-bond donors (Lipinski definition) is 1. The molecule has 0 atom stereocenters. The van der Waals surface area contributed by atoms with Gasteiger partial charge in [-0.05, 0) is 31.2 Å². The summed E-state index contributed by atoms with van der Waals surface area (Å²) in [6, 6.07) is 7.62. The van der Waals surface area contributed by atoms with Gasteiger partial charge < -0.3 is 19.3 Å². The molecule has 1 N–H and O–H groups in total. The van der Waals surface area contributed by atoms with Crippen LogP contribution in [0, 0.1) is 12.7 Å². The van der Waals surface area contributed by atoms with Gasteiger partial charge in [0, 0.05) is 17.1 Å². The molecule has 4 rings (SSSR count). The van der Waals surface area contributed by atoms with Crippen LogP contribution in [0.3, 0.4) is 0 Å². The minimum atomic E-state index is -1.19. The van der Waals surface area contributed by atoms with E-state index >= 15 is 4.39 Å². The van der Waals surface area contributed by atoms with Gasteiger partial charge >= 0.3 is 6.09 Å². The number of halogens is 1. The van der Waals surface area contributed by atoms with Crippen LogP contribution in [0.25, 0.3) is 21.8 Å². The van der Waals surface area contributed by atoms with Gasteiger partial charge in [0.2, 0.25) is 5.88 Å². The third-order valence-electron chi connectivity index (χ3n) is 4.57. The van der Waals surface area contributed by atoms with E-state index in [1.165, 1.54) is 38.7 Å². The lowest BCUT2D eigenvalue weighted by atomic mass is 10.2. The lowest BCUT2D eigenvalue weighted by Gasteiger charge is -2.12. The van der Waals surface area contributed by atoms with Crippen molar-refractivity contribution < 1.29 is 28.5 Å². The van der Waals surface area contributed by atoms with Crippen LogP contribution >= 0.6 is 0 Å². The van der Waals surface area contributed by atoms with Crippen molar-refractivity contribution in [3.8, 4) is 23.1 Å². The van der Waals surface area contributed by atoms with Gasteiger partial charge in [-0.15, -0.1) is 0 Å². The zero-order valence-corrected chi connectivity index (χ0v) is 15.8. The molecule has 0 spiro atoms. The predicted octanol–water partition coefficient (Wildman–Crippen LogP) is 4.37. The molecule has 0 fully saturated rings. The Kier molecular flexibility index (Phi) is 4.42. The van der Waals surface area contributed by atoms with Crippen LogP contribution in [0.2, 0.25) is 0 Å². The Morgan fingerprint density at radius 3 is 2.45 bits per heavy atom. The topological polar surface area (TPSA) is 95.7 Å². The van der Waals surface area contributed by atoms with E-state index in [-0.39, 0.29) is 22.5 Å². The second-order valence-corrected chi connectivity index (χ2v) is 6.22. The fourth-order valence-electron chi connectivity index (χ4n) is 3.24. The molecule has 0 aliphatic heterocycles. The van der Waals surface area contributed by atoms with Crippen LogP contribution in [0.1, 0.15) is 5.69 Å². The van der Waals surface area contributed by atoms with Gasteiger partial charge in [0.25, 0.3) is 0 Å². The summed E-state index contributed by atoms with van der Waals surface area (Å²) in [6.07, 6.45) is 0.110. The molecule has 9 heteroatoms. The second kappa shape index (κ2) is 6.93. The summed E-state index contributed by atoms with van der Waals surface area (Å²) in [5.74, 6) is 0.295. The highest BCUT2D eigenvalue weighted by Crippen LogP contribution is 2.37. The number of ether oxygens (including phenoxy) is 3. The van der Waals surface area contributed by atoms with Gasteiger partial charge in [0.1, 0.15) is 6.33 Å². The molecule has 4 aromatic rings. The molecule has 0 aliphatic rings. The van der Waals surface area contributed by atoms with Crippen molar-refractivity contribution in [1.82, 2.24) is 14.5 Å². The Hall–Kier alpha value is -3.88. The van der Waals surface area contributed by atoms with E-state index in [0.717, 1.165) is 4.57 Å². The summed E-state index contributed by atoms with van der Waals surface area (Å²) < 4.78 is 32.4. The lowest BCUT2D eigenvalue weighted by Crippen LogP contribution is -2.09. The van der Waals surface area contributed by atoms with Gasteiger partial charge in [-0.2, -0.15) is 0 Å². The average molecular weight is 397 g/mol. The second-order valence-electron chi connectivity index (χ2n) is 6.22. The van der Waals surface area contributed by atoms with Crippen molar-refractivity contribution in [3.63, 3.8) is 0 Å². The summed E-state index contributed by atoms with van der Waals surface area (Å²) in [4.78, 5) is 19.7. The molecule has 0 unspecified atom stereocenters. The van der Waals surface area contributed by atoms with E-state index in [2.05, 4.69) is 9.97 Å². The van der Waals surface area contributed by atoms with E-state index in [0.29, 0.717) is 28.1 Å². The maximum atomic E-state index is 15.1. The van der Waals surface area contributed by atoms with E-state index in [4.69, 9.17) is 14.2 Å². The molecule has 0 radical (unpaired) electrons. The zero-order chi connectivity index (χ0) is 20.7. The number of aryl methyl sites for hydroxylation is 1. The number of rotatable bonds is 4. The first-order valence-electron chi connectivity index (χ1n) is 8.53. The first-order chi connectivity index (χ1) is 13.9. The van der Waals surface area contributed by atoms with Crippen molar-refractivity contribution >= 4 is 27.9 Å². The number of aromatic nitrogens is 3. The largest absolute Gasteiger partial charge is 0.493 e. The van der Waals surface area contributed by atoms with Gasteiger partial charge in [0.05, 0.1) is 30.6 Å². The quantitative estimate of drug-likeness (QED) is 0.546. The molecule has 29 heavy (non-hydrogen) atoms. The minimum Gasteiger partial charge on any atom is -0.493 e. The van der Waals surface area contributed by atoms with E-state index in [1.807, 2.05) is 0 Å². The summed E-state index contributed by atoms with van der Waals surface area (Å²) in [7, 11) is 3.01. The Labute approximate surface area is 164 Å². The first kappa shape index (κ1) is 18.5. The number of benzene rings is 2. The molecular weight excluding hydrogens is 381 g/mol. The fourth-order valence-corrected chi connectivity index (χ4v) is 3.24. The van der Waals surface area contributed by atoms with Crippen LogP contribution in [0.5, 0.6) is 23.1 Å². The highest BCUT2D eigenvalue weighted by atomic mass is 19.1. The molecule has 0 saturated carbocycles. The van der Waals surface area contributed by atoms with Crippen LogP contribution in [-0.4, -0.2) is 40.0 Å². The molecule has 0 bridgehead atoms. The molecule has 2 aromatic heterocycles. The zero-order valence-electron chi connectivity index (χ0n) is 15.8. The Balaban J connectivity index is 1.84. The summed E-state index contributed by atoms with van der Waals surface area (Å²) in [5, 5.41) is 9.97. The van der Waals surface area contributed by atoms with Crippen molar-refractivity contribution in [2.75, 3.05) is 14.2 Å². The minimum absolute atomic E-state index is 0.0881. The van der Waals surface area contributed by atoms with Crippen molar-refractivity contribution in [3.05, 3.63) is 48.2 Å². The van der Waals surface area contributed by atoms with Crippen molar-refractivity contribution in [1.29, 1.82) is 0 Å². The highest BCUT2D eigenvalue weighted by molar-refractivity contribution is 5.92. The first-order valence-corrected chi connectivity index (χ1v) is 8.53. The molecule has 0 saturated heterocycles. The van der Waals surface area contributed by atoms with Gasteiger partial charge in [0.15, 0.2) is 23.1 Å². The van der Waals surface area contributed by atoms with Crippen molar-refractivity contribution in [2.24, 2.45) is 0 Å². The molecule has 2 aromatic carbocycles. The Morgan fingerprint density at radius 1 is 1.03 bits per heavy atom. The Morgan fingerprint density at radius 2 is 1.76 bits per heavy atom. The maximum absolute atomic E-state index is 15.1. The Bertz CT molecular complexity index is 1270. The predicted molar refractivity (Wildman–Crippen MR) is 103 cm³/mol. The highest BCUT2D eigenvalue weighted by Gasteiger charge is 2.19. The molecule has 148 valence electrons. The summed E-state index contributed by atoms with van der Waals surface area (Å²) in [5.41, 5.74) is 1.16. The SMILES string of the molecule is COc1cc2ncnc(Oc3ccc4c(cc(C)n4C(=O)O)c3F)c2cc1OC. The normalized spacial score (nSPS) is 11.0. The van der Waals surface area contributed by atoms with Crippen LogP contribution in [0.4, 0.5) is 9.18 Å². The molecular formula is C20H16FN3O5. The average Bonchev–Trinajstić information content (AvgIpc) is 3.06. The number of methoxy groups -OCH3 is 2. The third kappa shape index (κ3) is 2.96. The monoisotopic (exact) mass is 397 g/mol. The van der Waals surface area contributed by atoms with Crippen molar-refractivity contribution in [2.45, 2.75) is 6.92 Å². The van der Waals surface area contributed by atoms with E-state index < -0.39 is 11.9 Å². The standard InChI is InChI=1S/C20H16FN3O5/c1-10-6-12-14(24(10)20(25)26)4-5-15(18(12)21)29-19-11-7-16(27-2)17(28-3)8-13(11)22-9-23-19/h4-9H,1-3H3,(H,25,26). The lowest BCUT2D eigenvalue weighted by molar-refractivity contribution is 0.197. The smallest absolute Gasteiger partial charge is 0.416 e. The number of fused-ring (bicyclic) bond motifs is 2. The van der Waals surface area contributed by atoms with Crippen LogP contribution in [0.15, 0.2) is 36.7 Å². The molecule has 8 nitrogen and oxygen atoms in total. The number of hydrogen-bond acceptors (Lipinski definition) is 6. The molecule has 2 heterocycles. The number of carbonyl (C=O) groups is 1. The van der Waals surface area contributed by atoms with Gasteiger partial charge in [-0.3, -0.25) is 0 Å². The molecule has 0 amide bonds. The van der Waals surface area contributed by atoms with E-state index in [9.17, 15) is 9.90 Å². The van der Waals surface area contributed by atoms with Crippen LogP contribution < -0.4 is 14.2 Å². The van der Waals surface area contributed by atoms with Gasteiger partial charge in [-0.1, -0.05) is 0 Å². The van der Waals surface area contributed by atoms with E-state index in [1.54, 1.807) is 19.1 Å². The van der Waals surface area contributed by atoms with Crippen LogP contribution in [-0.2, 0) is 0 Å². The summed E-state index contributed by atoms with van der Waals surface area (Å²) >= 11 is 0.